The van der Waals surface area contributed by atoms with Crippen molar-refractivity contribution < 1.29 is 19.7 Å². The SMILES string of the molecule is C[C@@]1(CO)CCC[C@]2(C)[C@H]3C[C@@H](O)[C@]4(C)[C@@H]5COC(=O)C5=CC[C@H]4[C@]3(C)CC[C@@H]12. The lowest BCUT2D eigenvalue weighted by Crippen LogP contribution is -2.66. The third kappa shape index (κ3) is 2.31. The zero-order valence-electron chi connectivity index (χ0n) is 18.5. The van der Waals surface area contributed by atoms with Gasteiger partial charge in [0.15, 0.2) is 0 Å². The molecule has 9 atom stereocenters. The lowest BCUT2D eigenvalue weighted by molar-refractivity contribution is -0.237. The topological polar surface area (TPSA) is 66.8 Å². The van der Waals surface area contributed by atoms with E-state index in [1.807, 2.05) is 0 Å². The van der Waals surface area contributed by atoms with Crippen LogP contribution < -0.4 is 0 Å². The van der Waals surface area contributed by atoms with Crippen LogP contribution in [0, 0.1) is 45.3 Å². The number of carbonyl (C=O) groups excluding carboxylic acids is 1. The van der Waals surface area contributed by atoms with Crippen molar-refractivity contribution in [3.8, 4) is 0 Å². The van der Waals surface area contributed by atoms with Crippen LogP contribution in [0.5, 0.6) is 0 Å². The number of aliphatic hydroxyl groups is 2. The van der Waals surface area contributed by atoms with Gasteiger partial charge < -0.3 is 14.9 Å². The Kier molecular flexibility index (Phi) is 4.22. The molecule has 2 N–H and O–H groups in total. The van der Waals surface area contributed by atoms with Gasteiger partial charge in [0, 0.05) is 23.5 Å². The van der Waals surface area contributed by atoms with Crippen LogP contribution >= 0.6 is 0 Å². The molecule has 3 saturated carbocycles. The van der Waals surface area contributed by atoms with Gasteiger partial charge in [0.1, 0.15) is 0 Å². The Hall–Kier alpha value is -0.870. The van der Waals surface area contributed by atoms with Crippen LogP contribution in [0.2, 0.25) is 0 Å². The van der Waals surface area contributed by atoms with E-state index in [0.717, 1.165) is 31.3 Å². The van der Waals surface area contributed by atoms with Gasteiger partial charge in [-0.05, 0) is 72.5 Å². The fraction of sp³-hybridized carbons (Fsp3) is 0.880. The summed E-state index contributed by atoms with van der Waals surface area (Å²) in [4.78, 5) is 12.2. The third-order valence-electron chi connectivity index (χ3n) is 11.1. The first-order valence-corrected chi connectivity index (χ1v) is 11.8. The summed E-state index contributed by atoms with van der Waals surface area (Å²) < 4.78 is 5.43. The van der Waals surface area contributed by atoms with E-state index in [2.05, 4.69) is 33.8 Å². The molecule has 5 aliphatic rings. The summed E-state index contributed by atoms with van der Waals surface area (Å²) in [5.74, 6) is 1.21. The first kappa shape index (κ1) is 20.1. The average molecular weight is 403 g/mol. The van der Waals surface area contributed by atoms with Gasteiger partial charge in [-0.3, -0.25) is 0 Å². The highest BCUT2D eigenvalue weighted by molar-refractivity contribution is 5.91. The molecule has 1 saturated heterocycles. The number of ether oxygens (including phenoxy) is 1. The van der Waals surface area contributed by atoms with Crippen LogP contribution in [0.3, 0.4) is 0 Å². The molecule has 0 amide bonds. The van der Waals surface area contributed by atoms with Crippen LogP contribution in [0.4, 0.5) is 0 Å². The zero-order chi connectivity index (χ0) is 20.8. The standard InChI is InChI=1S/C25H38O4/c1-22(14-26)9-5-10-23(2)17(22)8-11-24(3)18-7-6-15-16(13-29-21(15)28)25(18,4)20(27)12-19(23)24/h6,16-20,26-27H,5,7-14H2,1-4H3/t16-,17+,18+,19-,20-,22+,23+,24+,25-/m1/s1. The summed E-state index contributed by atoms with van der Waals surface area (Å²) in [5.41, 5.74) is 0.845. The zero-order valence-corrected chi connectivity index (χ0v) is 18.5. The van der Waals surface area contributed by atoms with Crippen LogP contribution in [-0.4, -0.2) is 35.5 Å². The summed E-state index contributed by atoms with van der Waals surface area (Å²) in [6, 6.07) is 0. The first-order valence-electron chi connectivity index (χ1n) is 11.8. The van der Waals surface area contributed by atoms with Crippen molar-refractivity contribution in [3.05, 3.63) is 11.6 Å². The van der Waals surface area contributed by atoms with Gasteiger partial charge in [-0.15, -0.1) is 0 Å². The predicted molar refractivity (Wildman–Crippen MR) is 111 cm³/mol. The smallest absolute Gasteiger partial charge is 0.334 e. The second kappa shape index (κ2) is 6.09. The van der Waals surface area contributed by atoms with E-state index in [1.165, 1.54) is 19.3 Å². The van der Waals surface area contributed by atoms with Gasteiger partial charge >= 0.3 is 5.97 Å². The minimum absolute atomic E-state index is 0.00534. The molecule has 1 aliphatic heterocycles. The molecule has 4 fully saturated rings. The Morgan fingerprint density at radius 1 is 1.07 bits per heavy atom. The second-order valence-electron chi connectivity index (χ2n) is 12.0. The van der Waals surface area contributed by atoms with Gasteiger partial charge in [0.25, 0.3) is 0 Å². The van der Waals surface area contributed by atoms with Gasteiger partial charge in [0.05, 0.1) is 12.7 Å². The highest BCUT2D eigenvalue weighted by Gasteiger charge is 2.69. The maximum atomic E-state index is 12.2. The fourth-order valence-electron chi connectivity index (χ4n) is 9.52. The number of hydrogen-bond acceptors (Lipinski definition) is 4. The Bertz CT molecular complexity index is 760. The third-order valence-corrected chi connectivity index (χ3v) is 11.1. The second-order valence-corrected chi connectivity index (χ2v) is 12.0. The van der Waals surface area contributed by atoms with Crippen LogP contribution in [0.15, 0.2) is 11.6 Å². The van der Waals surface area contributed by atoms with E-state index in [4.69, 9.17) is 4.74 Å². The van der Waals surface area contributed by atoms with Crippen molar-refractivity contribution in [2.75, 3.05) is 13.2 Å². The van der Waals surface area contributed by atoms with Gasteiger partial charge in [-0.25, -0.2) is 4.79 Å². The van der Waals surface area contributed by atoms with E-state index in [0.29, 0.717) is 24.4 Å². The molecule has 29 heavy (non-hydrogen) atoms. The van der Waals surface area contributed by atoms with Crippen molar-refractivity contribution >= 4 is 5.97 Å². The van der Waals surface area contributed by atoms with E-state index < -0.39 is 6.10 Å². The Labute approximate surface area is 175 Å². The number of cyclic esters (lactones) is 1. The maximum absolute atomic E-state index is 12.2. The maximum Gasteiger partial charge on any atom is 0.334 e. The molecular formula is C25H38O4. The lowest BCUT2D eigenvalue weighted by atomic mass is 9.34. The fourth-order valence-corrected chi connectivity index (χ4v) is 9.52. The molecule has 0 radical (unpaired) electrons. The Morgan fingerprint density at radius 3 is 2.52 bits per heavy atom. The van der Waals surface area contributed by atoms with E-state index >= 15 is 0 Å². The number of allylic oxidation sites excluding steroid dienone is 1. The summed E-state index contributed by atoms with van der Waals surface area (Å²) in [6.07, 6.45) is 9.23. The van der Waals surface area contributed by atoms with Gasteiger partial charge in [-0.1, -0.05) is 40.2 Å². The van der Waals surface area contributed by atoms with Crippen molar-refractivity contribution in [2.45, 2.75) is 78.7 Å². The Morgan fingerprint density at radius 2 is 1.79 bits per heavy atom. The molecule has 0 bridgehead atoms. The molecular weight excluding hydrogens is 364 g/mol. The molecule has 0 aromatic heterocycles. The number of hydrogen-bond donors (Lipinski definition) is 2. The normalized spacial score (nSPS) is 56.4. The van der Waals surface area contributed by atoms with Gasteiger partial charge in [0.2, 0.25) is 0 Å². The van der Waals surface area contributed by atoms with Crippen molar-refractivity contribution in [1.29, 1.82) is 0 Å². The average Bonchev–Trinajstić information content (AvgIpc) is 3.06. The molecule has 1 heterocycles. The molecule has 4 heteroatoms. The minimum Gasteiger partial charge on any atom is -0.462 e. The van der Waals surface area contributed by atoms with Crippen molar-refractivity contribution in [1.82, 2.24) is 0 Å². The number of esters is 1. The highest BCUT2D eigenvalue weighted by atomic mass is 16.5. The summed E-state index contributed by atoms with van der Waals surface area (Å²) in [7, 11) is 0. The monoisotopic (exact) mass is 402 g/mol. The quantitative estimate of drug-likeness (QED) is 0.648. The molecule has 4 aliphatic carbocycles. The van der Waals surface area contributed by atoms with E-state index in [9.17, 15) is 15.0 Å². The lowest BCUT2D eigenvalue weighted by Gasteiger charge is -2.70. The predicted octanol–water partition coefficient (Wildman–Crippen LogP) is 4.10. The molecule has 0 unspecified atom stereocenters. The molecule has 5 rings (SSSR count). The first-order chi connectivity index (χ1) is 13.6. The van der Waals surface area contributed by atoms with Crippen molar-refractivity contribution in [3.63, 3.8) is 0 Å². The van der Waals surface area contributed by atoms with E-state index in [-0.39, 0.29) is 40.2 Å². The summed E-state index contributed by atoms with van der Waals surface area (Å²) >= 11 is 0. The van der Waals surface area contributed by atoms with Crippen LogP contribution in [-0.2, 0) is 9.53 Å². The number of fused-ring (bicyclic) bond motifs is 7. The van der Waals surface area contributed by atoms with E-state index in [1.54, 1.807) is 0 Å². The molecule has 4 nitrogen and oxygen atoms in total. The Balaban J connectivity index is 1.58. The minimum atomic E-state index is -0.411. The van der Waals surface area contributed by atoms with Crippen LogP contribution in [0.25, 0.3) is 0 Å². The molecule has 0 spiro atoms. The number of aliphatic hydroxyl groups excluding tert-OH is 2. The number of carbonyl (C=O) groups is 1. The van der Waals surface area contributed by atoms with Crippen LogP contribution in [0.1, 0.15) is 72.6 Å². The largest absolute Gasteiger partial charge is 0.462 e. The highest BCUT2D eigenvalue weighted by Crippen LogP contribution is 2.73. The number of rotatable bonds is 1. The molecule has 0 aromatic rings. The molecule has 0 aromatic carbocycles. The summed E-state index contributed by atoms with van der Waals surface area (Å²) in [6.45, 7) is 10.2. The van der Waals surface area contributed by atoms with Crippen molar-refractivity contribution in [2.24, 2.45) is 45.3 Å². The van der Waals surface area contributed by atoms with Gasteiger partial charge in [-0.2, -0.15) is 0 Å². The summed E-state index contributed by atoms with van der Waals surface area (Å²) in [5, 5.41) is 21.9. The molecule has 162 valence electrons.